The molecule has 0 bridgehead atoms. The molecule has 1 aliphatic heterocycles. The Morgan fingerprint density at radius 2 is 1.95 bits per heavy atom. The molecule has 0 aromatic carbocycles. The number of hydrogen-bond donors (Lipinski definition) is 0. The monoisotopic (exact) mass is 340 g/mol. The van der Waals surface area contributed by atoms with Crippen molar-refractivity contribution in [3.63, 3.8) is 0 Å². The maximum Gasteiger partial charge on any atom is 0.255 e. The Balaban J connectivity index is 2.00. The summed E-state index contributed by atoms with van der Waals surface area (Å²) >= 11 is 0. The molecule has 0 unspecified atom stereocenters. The van der Waals surface area contributed by atoms with Gasteiger partial charge in [0, 0.05) is 26.2 Å². The fraction of sp³-hybridized carbons (Fsp3) is 0.923. The Bertz CT molecular complexity index is 506. The largest absolute Gasteiger partial charge is 0.381 e. The third kappa shape index (κ3) is 4.14. The van der Waals surface area contributed by atoms with Gasteiger partial charge in [-0.1, -0.05) is 0 Å². The van der Waals surface area contributed by atoms with Crippen molar-refractivity contribution in [3.8, 4) is 0 Å². The number of piperidine rings is 1. The van der Waals surface area contributed by atoms with Crippen molar-refractivity contribution >= 4 is 15.9 Å². The summed E-state index contributed by atoms with van der Waals surface area (Å²) in [6.45, 7) is -0.0842. The van der Waals surface area contributed by atoms with E-state index in [9.17, 15) is 22.0 Å². The molecule has 1 amide bonds. The number of hydrogen-bond acceptors (Lipinski definition) is 4. The smallest absolute Gasteiger partial charge is 0.255 e. The van der Waals surface area contributed by atoms with Crippen LogP contribution in [0.5, 0.6) is 0 Å². The number of ether oxygens (including phenoxy) is 1. The molecule has 2 fully saturated rings. The first-order valence-corrected chi connectivity index (χ1v) is 9.15. The molecule has 1 saturated heterocycles. The Morgan fingerprint density at radius 3 is 2.36 bits per heavy atom. The Hall–Kier alpha value is -0.800. The van der Waals surface area contributed by atoms with Crippen LogP contribution in [0.1, 0.15) is 19.3 Å². The summed E-state index contributed by atoms with van der Waals surface area (Å²) < 4.78 is 55.0. The van der Waals surface area contributed by atoms with Gasteiger partial charge in [0.1, 0.15) is 0 Å². The summed E-state index contributed by atoms with van der Waals surface area (Å²) in [5, 5.41) is 0. The van der Waals surface area contributed by atoms with Gasteiger partial charge < -0.3 is 9.64 Å². The Labute approximate surface area is 129 Å². The quantitative estimate of drug-likeness (QED) is 0.708. The molecule has 6 nitrogen and oxygen atoms in total. The van der Waals surface area contributed by atoms with E-state index in [0.29, 0.717) is 19.3 Å². The predicted molar refractivity (Wildman–Crippen MR) is 76.1 cm³/mol. The predicted octanol–water partition coefficient (Wildman–Crippen LogP) is 0.539. The molecule has 128 valence electrons. The van der Waals surface area contributed by atoms with Gasteiger partial charge in [0.25, 0.3) is 6.43 Å². The van der Waals surface area contributed by atoms with Crippen molar-refractivity contribution in [2.75, 3.05) is 33.0 Å². The third-order valence-corrected chi connectivity index (χ3v) is 5.61. The van der Waals surface area contributed by atoms with Crippen molar-refractivity contribution in [2.45, 2.75) is 37.8 Å². The summed E-state index contributed by atoms with van der Waals surface area (Å²) in [4.78, 5) is 13.6. The van der Waals surface area contributed by atoms with E-state index in [1.54, 1.807) is 0 Å². The summed E-state index contributed by atoms with van der Waals surface area (Å²) in [7, 11) is -1.77. The fourth-order valence-corrected chi connectivity index (χ4v) is 3.83. The third-order valence-electron chi connectivity index (χ3n) is 4.30. The Morgan fingerprint density at radius 1 is 1.36 bits per heavy atom. The van der Waals surface area contributed by atoms with Crippen LogP contribution in [-0.2, 0) is 19.6 Å². The van der Waals surface area contributed by atoms with Crippen LogP contribution in [0.15, 0.2) is 0 Å². The molecule has 0 aromatic rings. The maximum absolute atomic E-state index is 12.8. The molecule has 1 saturated carbocycles. The van der Waals surface area contributed by atoms with Gasteiger partial charge in [-0.15, -0.1) is 0 Å². The SMILES string of the molecule is CO[C@@H]1C[C@H]1C(=O)N(CC(F)F)C1CCN(S(C)(=O)=O)CC1. The first kappa shape index (κ1) is 17.6. The molecule has 22 heavy (non-hydrogen) atoms. The average Bonchev–Trinajstić information content (AvgIpc) is 3.22. The molecule has 0 radical (unpaired) electrons. The highest BCUT2D eigenvalue weighted by atomic mass is 32.2. The fourth-order valence-electron chi connectivity index (χ4n) is 2.96. The first-order chi connectivity index (χ1) is 10.2. The molecule has 1 heterocycles. The first-order valence-electron chi connectivity index (χ1n) is 7.30. The number of amides is 1. The number of rotatable bonds is 6. The van der Waals surface area contributed by atoms with Crippen LogP contribution in [-0.4, -0.2) is 75.1 Å². The normalized spacial score (nSPS) is 27.1. The zero-order valence-electron chi connectivity index (χ0n) is 12.7. The molecule has 0 aromatic heterocycles. The second-order valence-corrected chi connectivity index (χ2v) is 7.87. The van der Waals surface area contributed by atoms with Gasteiger partial charge in [-0.25, -0.2) is 21.5 Å². The van der Waals surface area contributed by atoms with Crippen LogP contribution < -0.4 is 0 Å². The van der Waals surface area contributed by atoms with E-state index in [-0.39, 0.29) is 37.1 Å². The van der Waals surface area contributed by atoms with Crippen molar-refractivity contribution in [1.82, 2.24) is 9.21 Å². The van der Waals surface area contributed by atoms with Crippen molar-refractivity contribution in [2.24, 2.45) is 5.92 Å². The Kier molecular flexibility index (Phi) is 5.39. The topological polar surface area (TPSA) is 66.9 Å². The van der Waals surface area contributed by atoms with E-state index < -0.39 is 23.0 Å². The number of nitrogens with zero attached hydrogens (tertiary/aromatic N) is 2. The van der Waals surface area contributed by atoms with Crippen molar-refractivity contribution in [3.05, 3.63) is 0 Å². The number of methoxy groups -OCH3 is 1. The van der Waals surface area contributed by atoms with E-state index in [0.717, 1.165) is 6.26 Å². The molecule has 0 N–H and O–H groups in total. The standard InChI is InChI=1S/C13H22F2N2O4S/c1-21-11-7-10(11)13(18)17(8-12(14)15)9-3-5-16(6-4-9)22(2,19)20/h9-12H,3-8H2,1-2H3/t10-,11-/m1/s1. The van der Waals surface area contributed by atoms with Gasteiger partial charge in [-0.05, 0) is 19.3 Å². The lowest BCUT2D eigenvalue weighted by Crippen LogP contribution is -2.50. The molecule has 9 heteroatoms. The molecule has 2 aliphatic rings. The lowest BCUT2D eigenvalue weighted by Gasteiger charge is -2.37. The van der Waals surface area contributed by atoms with Gasteiger partial charge in [0.05, 0.1) is 24.8 Å². The van der Waals surface area contributed by atoms with E-state index in [2.05, 4.69) is 0 Å². The molecule has 2 rings (SSSR count). The van der Waals surface area contributed by atoms with E-state index in [1.165, 1.54) is 16.3 Å². The van der Waals surface area contributed by atoms with Crippen LogP contribution in [0, 0.1) is 5.92 Å². The van der Waals surface area contributed by atoms with Gasteiger partial charge in [-0.2, -0.15) is 0 Å². The van der Waals surface area contributed by atoms with E-state index >= 15 is 0 Å². The molecule has 0 spiro atoms. The van der Waals surface area contributed by atoms with E-state index in [4.69, 9.17) is 4.74 Å². The molecular weight excluding hydrogens is 318 g/mol. The number of sulfonamides is 1. The second kappa shape index (κ2) is 6.76. The average molecular weight is 340 g/mol. The highest BCUT2D eigenvalue weighted by molar-refractivity contribution is 7.88. The summed E-state index contributed by atoms with van der Waals surface area (Å²) in [6, 6.07) is -0.336. The van der Waals surface area contributed by atoms with Gasteiger partial charge in [0.15, 0.2) is 0 Å². The minimum absolute atomic E-state index is 0.177. The lowest BCUT2D eigenvalue weighted by atomic mass is 10.0. The lowest BCUT2D eigenvalue weighted by molar-refractivity contribution is -0.139. The number of carbonyl (C=O) groups excluding carboxylic acids is 1. The highest BCUT2D eigenvalue weighted by Crippen LogP contribution is 2.36. The highest BCUT2D eigenvalue weighted by Gasteiger charge is 2.47. The zero-order valence-corrected chi connectivity index (χ0v) is 13.6. The minimum Gasteiger partial charge on any atom is -0.381 e. The van der Waals surface area contributed by atoms with Gasteiger partial charge in [-0.3, -0.25) is 4.79 Å². The van der Waals surface area contributed by atoms with Crippen LogP contribution in [0.3, 0.4) is 0 Å². The van der Waals surface area contributed by atoms with Crippen LogP contribution in [0.2, 0.25) is 0 Å². The summed E-state index contributed by atoms with van der Waals surface area (Å²) in [5.74, 6) is -0.637. The summed E-state index contributed by atoms with van der Waals surface area (Å²) in [5.41, 5.74) is 0. The van der Waals surface area contributed by atoms with Crippen LogP contribution in [0.25, 0.3) is 0 Å². The van der Waals surface area contributed by atoms with Crippen LogP contribution in [0.4, 0.5) is 8.78 Å². The molecule has 1 aliphatic carbocycles. The van der Waals surface area contributed by atoms with Crippen molar-refractivity contribution < 1.29 is 26.7 Å². The summed E-state index contributed by atoms with van der Waals surface area (Å²) in [6.07, 6.45) is -0.313. The second-order valence-electron chi connectivity index (χ2n) is 5.89. The van der Waals surface area contributed by atoms with E-state index in [1.807, 2.05) is 0 Å². The van der Waals surface area contributed by atoms with Crippen molar-refractivity contribution in [1.29, 1.82) is 0 Å². The number of alkyl halides is 2. The minimum atomic E-state index is -3.27. The molecular formula is C13H22F2N2O4S. The van der Waals surface area contributed by atoms with Crippen LogP contribution >= 0.6 is 0 Å². The zero-order chi connectivity index (χ0) is 16.5. The molecule has 2 atom stereocenters. The van der Waals surface area contributed by atoms with Gasteiger partial charge >= 0.3 is 0 Å². The maximum atomic E-state index is 12.8. The number of carbonyl (C=O) groups is 1. The van der Waals surface area contributed by atoms with Gasteiger partial charge in [0.2, 0.25) is 15.9 Å². The number of halogens is 2.